The largest absolute Gasteiger partial charge is 0.353 e. The van der Waals surface area contributed by atoms with Crippen molar-refractivity contribution in [3.63, 3.8) is 0 Å². The van der Waals surface area contributed by atoms with Gasteiger partial charge in [0.2, 0.25) is 12.7 Å². The van der Waals surface area contributed by atoms with Crippen LogP contribution in [-0.4, -0.2) is 43.5 Å². The van der Waals surface area contributed by atoms with E-state index >= 15 is 8.78 Å². The average molecular weight is 415 g/mol. The molecule has 2 aliphatic heterocycles. The fourth-order valence-electron chi connectivity index (χ4n) is 4.34. The third-order valence-corrected chi connectivity index (χ3v) is 6.14. The van der Waals surface area contributed by atoms with Gasteiger partial charge in [0.05, 0.1) is 11.6 Å². The monoisotopic (exact) mass is 415 g/mol. The van der Waals surface area contributed by atoms with Crippen LogP contribution >= 0.6 is 0 Å². The minimum Gasteiger partial charge on any atom is -0.353 e. The number of nitrogens with zero attached hydrogens (tertiary/aromatic N) is 1. The summed E-state index contributed by atoms with van der Waals surface area (Å²) in [6.07, 6.45) is 1.12. The highest BCUT2D eigenvalue weighted by Crippen LogP contribution is 2.57. The zero-order valence-electron chi connectivity index (χ0n) is 16.4. The molecule has 29 heavy (non-hydrogen) atoms. The number of hydrogen-bond donors (Lipinski definition) is 0. The second kappa shape index (κ2) is 9.29. The molecule has 1 aromatic rings. The first-order valence-corrected chi connectivity index (χ1v) is 10.5. The molecular formula is C21H28F3NO4. The maximum absolute atomic E-state index is 15.3. The van der Waals surface area contributed by atoms with E-state index < -0.39 is 36.5 Å². The number of alkyl halides is 2. The first-order chi connectivity index (χ1) is 14.1. The highest BCUT2D eigenvalue weighted by molar-refractivity contribution is 5.18. The molecule has 0 N–H and O–H groups in total. The molecule has 0 aromatic carbocycles. The molecule has 3 fully saturated rings. The third-order valence-electron chi connectivity index (χ3n) is 6.14. The minimum absolute atomic E-state index is 0.160. The first kappa shape index (κ1) is 21.0. The fraction of sp³-hybridized carbons (Fsp3) is 0.762. The molecule has 2 unspecified atom stereocenters. The molecule has 3 heterocycles. The summed E-state index contributed by atoms with van der Waals surface area (Å²) in [4.78, 5) is 4.06. The standard InChI is InChI=1S/C21H28F3NO4/c22-15-7-8-16(25-13-15)14-11-21(12-14,19(23)28-17-5-1-3-9-26-17)20(24)29-18-6-2-4-10-27-18/h7-8,13-14,17-20H,1-6,9-12H2/t14?,17-,18-,19?,20?,21?/m0/s1. The van der Waals surface area contributed by atoms with Crippen LogP contribution in [0.2, 0.25) is 0 Å². The molecule has 0 spiro atoms. The molecule has 0 bridgehead atoms. The summed E-state index contributed by atoms with van der Waals surface area (Å²) in [7, 11) is 0. The van der Waals surface area contributed by atoms with Crippen molar-refractivity contribution in [2.24, 2.45) is 5.41 Å². The van der Waals surface area contributed by atoms with Crippen molar-refractivity contribution in [1.82, 2.24) is 4.98 Å². The van der Waals surface area contributed by atoms with Crippen LogP contribution < -0.4 is 0 Å². The summed E-state index contributed by atoms with van der Waals surface area (Å²) in [6, 6.07) is 2.86. The Morgan fingerprint density at radius 2 is 1.52 bits per heavy atom. The van der Waals surface area contributed by atoms with Crippen molar-refractivity contribution in [2.45, 2.75) is 82.6 Å². The predicted molar refractivity (Wildman–Crippen MR) is 97.7 cm³/mol. The van der Waals surface area contributed by atoms with Crippen LogP contribution in [0.5, 0.6) is 0 Å². The van der Waals surface area contributed by atoms with E-state index in [1.165, 1.54) is 6.07 Å². The van der Waals surface area contributed by atoms with E-state index in [1.54, 1.807) is 6.07 Å². The number of hydrogen-bond acceptors (Lipinski definition) is 5. The molecule has 2 saturated heterocycles. The Hall–Kier alpha value is -1.22. The van der Waals surface area contributed by atoms with Crippen molar-refractivity contribution in [3.05, 3.63) is 29.8 Å². The van der Waals surface area contributed by atoms with E-state index in [0.29, 0.717) is 31.7 Å². The van der Waals surface area contributed by atoms with Crippen molar-refractivity contribution in [1.29, 1.82) is 0 Å². The molecular weight excluding hydrogens is 387 g/mol. The zero-order chi connectivity index (χ0) is 20.3. The minimum atomic E-state index is -1.87. The van der Waals surface area contributed by atoms with E-state index in [1.807, 2.05) is 0 Å². The first-order valence-electron chi connectivity index (χ1n) is 10.5. The van der Waals surface area contributed by atoms with Gasteiger partial charge in [-0.15, -0.1) is 0 Å². The van der Waals surface area contributed by atoms with Gasteiger partial charge in [0.1, 0.15) is 5.82 Å². The van der Waals surface area contributed by atoms with Gasteiger partial charge < -0.3 is 18.9 Å². The number of ether oxygens (including phenoxy) is 4. The van der Waals surface area contributed by atoms with Gasteiger partial charge in [-0.2, -0.15) is 0 Å². The Bertz CT molecular complexity index is 616. The van der Waals surface area contributed by atoms with E-state index in [2.05, 4.69) is 4.98 Å². The van der Waals surface area contributed by atoms with E-state index in [0.717, 1.165) is 31.9 Å². The van der Waals surface area contributed by atoms with Crippen molar-refractivity contribution in [3.8, 4) is 0 Å². The van der Waals surface area contributed by atoms with E-state index in [9.17, 15) is 4.39 Å². The fourth-order valence-corrected chi connectivity index (χ4v) is 4.34. The van der Waals surface area contributed by atoms with Gasteiger partial charge in [-0.25, -0.2) is 13.2 Å². The lowest BCUT2D eigenvalue weighted by Crippen LogP contribution is -2.54. The lowest BCUT2D eigenvalue weighted by Gasteiger charge is -2.51. The second-order valence-electron chi connectivity index (χ2n) is 8.24. The van der Waals surface area contributed by atoms with Crippen LogP contribution in [0.4, 0.5) is 13.2 Å². The topological polar surface area (TPSA) is 49.8 Å². The van der Waals surface area contributed by atoms with Gasteiger partial charge in [0.15, 0.2) is 12.6 Å². The summed E-state index contributed by atoms with van der Waals surface area (Å²) in [6.45, 7) is 1.02. The van der Waals surface area contributed by atoms with Crippen LogP contribution in [0.25, 0.3) is 0 Å². The molecule has 1 aliphatic carbocycles. The van der Waals surface area contributed by atoms with Crippen LogP contribution in [-0.2, 0) is 18.9 Å². The molecule has 8 heteroatoms. The SMILES string of the molecule is Fc1ccc(C2CC(C(F)O[C@H]3CCCCO3)(C(F)O[C@H]3CCCCO3)C2)nc1. The Labute approximate surface area is 168 Å². The quantitative estimate of drug-likeness (QED) is 0.643. The maximum atomic E-state index is 15.3. The second-order valence-corrected chi connectivity index (χ2v) is 8.24. The molecule has 0 radical (unpaired) electrons. The van der Waals surface area contributed by atoms with Crippen molar-refractivity contribution in [2.75, 3.05) is 13.2 Å². The highest BCUT2D eigenvalue weighted by atomic mass is 19.2. The molecule has 4 atom stereocenters. The van der Waals surface area contributed by atoms with E-state index in [-0.39, 0.29) is 18.8 Å². The van der Waals surface area contributed by atoms with Crippen molar-refractivity contribution < 1.29 is 32.1 Å². The third kappa shape index (κ3) is 4.76. The number of rotatable bonds is 7. The van der Waals surface area contributed by atoms with Gasteiger partial charge >= 0.3 is 0 Å². The van der Waals surface area contributed by atoms with Gasteiger partial charge in [0, 0.05) is 24.8 Å². The molecule has 5 nitrogen and oxygen atoms in total. The molecule has 1 saturated carbocycles. The van der Waals surface area contributed by atoms with Crippen LogP contribution in [0.15, 0.2) is 18.3 Å². The zero-order valence-corrected chi connectivity index (χ0v) is 16.4. The number of aromatic nitrogens is 1. The molecule has 162 valence electrons. The van der Waals surface area contributed by atoms with E-state index in [4.69, 9.17) is 18.9 Å². The summed E-state index contributed by atoms with van der Waals surface area (Å²) >= 11 is 0. The lowest BCUT2D eigenvalue weighted by atomic mass is 9.60. The lowest BCUT2D eigenvalue weighted by molar-refractivity contribution is -0.326. The summed E-state index contributed by atoms with van der Waals surface area (Å²) in [5.41, 5.74) is -0.841. The van der Waals surface area contributed by atoms with Crippen LogP contribution in [0.3, 0.4) is 0 Å². The highest BCUT2D eigenvalue weighted by Gasteiger charge is 2.59. The Morgan fingerprint density at radius 3 is 1.97 bits per heavy atom. The smallest absolute Gasteiger partial charge is 0.212 e. The Kier molecular flexibility index (Phi) is 6.73. The van der Waals surface area contributed by atoms with Crippen LogP contribution in [0, 0.1) is 11.2 Å². The van der Waals surface area contributed by atoms with Gasteiger partial charge in [-0.1, -0.05) is 0 Å². The Morgan fingerprint density at radius 1 is 0.931 bits per heavy atom. The summed E-state index contributed by atoms with van der Waals surface area (Å²) in [5.74, 6) is -0.625. The molecule has 4 rings (SSSR count). The van der Waals surface area contributed by atoms with Gasteiger partial charge in [0.25, 0.3) is 0 Å². The number of pyridine rings is 1. The molecule has 3 aliphatic rings. The summed E-state index contributed by atoms with van der Waals surface area (Å²) < 4.78 is 65.6. The summed E-state index contributed by atoms with van der Waals surface area (Å²) in [5, 5.41) is 0. The molecule has 1 aromatic heterocycles. The van der Waals surface area contributed by atoms with Gasteiger partial charge in [-0.05, 0) is 63.5 Å². The average Bonchev–Trinajstić information content (AvgIpc) is 2.70. The van der Waals surface area contributed by atoms with Gasteiger partial charge in [-0.3, -0.25) is 4.98 Å². The number of halogens is 3. The predicted octanol–water partition coefficient (Wildman–Crippen LogP) is 4.76. The van der Waals surface area contributed by atoms with Crippen LogP contribution in [0.1, 0.15) is 63.0 Å². The Balaban J connectivity index is 1.45. The normalized spacial score (nSPS) is 34.9. The van der Waals surface area contributed by atoms with Crippen molar-refractivity contribution >= 4 is 0 Å². The molecule has 0 amide bonds. The maximum Gasteiger partial charge on any atom is 0.212 e.